The van der Waals surface area contributed by atoms with Crippen LogP contribution in [0.5, 0.6) is 0 Å². The lowest BCUT2D eigenvalue weighted by Gasteiger charge is -2.03. The number of hydrogen-bond acceptors (Lipinski definition) is 2. The van der Waals surface area contributed by atoms with Gasteiger partial charge in [0.2, 0.25) is 5.91 Å². The van der Waals surface area contributed by atoms with Gasteiger partial charge in [-0.25, -0.2) is 0 Å². The van der Waals surface area contributed by atoms with E-state index >= 15 is 0 Å². The maximum absolute atomic E-state index is 11.0. The molecular formula is C14H26INO2. The molecule has 0 aromatic carbocycles. The Morgan fingerprint density at radius 2 is 1.39 bits per heavy atom. The van der Waals surface area contributed by atoms with Gasteiger partial charge in [-0.3, -0.25) is 4.79 Å². The highest BCUT2D eigenvalue weighted by molar-refractivity contribution is 14.1. The van der Waals surface area contributed by atoms with Crippen molar-refractivity contribution in [1.82, 2.24) is 5.32 Å². The van der Waals surface area contributed by atoms with Gasteiger partial charge >= 0.3 is 0 Å². The summed E-state index contributed by atoms with van der Waals surface area (Å²) in [6, 6.07) is 0. The summed E-state index contributed by atoms with van der Waals surface area (Å²) in [5.74, 6) is 0.144. The predicted molar refractivity (Wildman–Crippen MR) is 84.1 cm³/mol. The number of unbranched alkanes of at least 4 members (excludes halogenated alkanes) is 9. The normalized spacial score (nSPS) is 10.3. The van der Waals surface area contributed by atoms with Crippen LogP contribution in [0.15, 0.2) is 0 Å². The lowest BCUT2D eigenvalue weighted by molar-refractivity contribution is -0.118. The number of nitrogens with one attached hydrogen (secondary N) is 1. The van der Waals surface area contributed by atoms with Gasteiger partial charge in [-0.1, -0.05) is 67.5 Å². The number of amides is 1. The SMILES string of the molecule is O=CCCCCCCCCCCCNC(=O)CI. The molecule has 1 amide bonds. The second kappa shape index (κ2) is 14.9. The van der Waals surface area contributed by atoms with E-state index in [2.05, 4.69) is 27.9 Å². The highest BCUT2D eigenvalue weighted by atomic mass is 127. The number of rotatable bonds is 13. The molecule has 4 heteroatoms. The maximum Gasteiger partial charge on any atom is 0.229 e. The zero-order valence-electron chi connectivity index (χ0n) is 11.3. The summed E-state index contributed by atoms with van der Waals surface area (Å²) < 4.78 is 0.557. The number of alkyl halides is 1. The molecule has 0 aliphatic carbocycles. The first kappa shape index (κ1) is 17.9. The standard InChI is InChI=1S/C14H26INO2/c15-13-14(18)16-11-9-7-5-3-1-2-4-6-8-10-12-17/h12H,1-11,13H2,(H,16,18). The molecule has 1 N–H and O–H groups in total. The van der Waals surface area contributed by atoms with E-state index in [4.69, 9.17) is 0 Å². The lowest BCUT2D eigenvalue weighted by Crippen LogP contribution is -2.25. The Morgan fingerprint density at radius 1 is 0.889 bits per heavy atom. The number of halogens is 1. The van der Waals surface area contributed by atoms with Gasteiger partial charge in [0.25, 0.3) is 0 Å². The Kier molecular flexibility index (Phi) is 14.8. The Bertz CT molecular complexity index is 210. The van der Waals surface area contributed by atoms with Crippen LogP contribution in [0.4, 0.5) is 0 Å². The van der Waals surface area contributed by atoms with Crippen LogP contribution in [0, 0.1) is 0 Å². The van der Waals surface area contributed by atoms with E-state index < -0.39 is 0 Å². The number of carbonyl (C=O) groups excluding carboxylic acids is 2. The third-order valence-corrected chi connectivity index (χ3v) is 3.64. The summed E-state index contributed by atoms with van der Waals surface area (Å²) in [6.07, 6.45) is 12.7. The maximum atomic E-state index is 11.0. The molecular weight excluding hydrogens is 341 g/mol. The van der Waals surface area contributed by atoms with Gasteiger partial charge < -0.3 is 10.1 Å². The largest absolute Gasteiger partial charge is 0.355 e. The Labute approximate surface area is 125 Å². The summed E-state index contributed by atoms with van der Waals surface area (Å²) in [6.45, 7) is 0.827. The lowest BCUT2D eigenvalue weighted by atomic mass is 10.1. The summed E-state index contributed by atoms with van der Waals surface area (Å²) in [5.41, 5.74) is 0. The van der Waals surface area contributed by atoms with Crippen LogP contribution in [0.1, 0.15) is 64.2 Å². The molecule has 0 fully saturated rings. The summed E-state index contributed by atoms with van der Waals surface area (Å²) >= 11 is 2.08. The number of carbonyl (C=O) groups is 2. The highest BCUT2D eigenvalue weighted by Gasteiger charge is 1.96. The van der Waals surface area contributed by atoms with E-state index in [0.29, 0.717) is 4.43 Å². The summed E-state index contributed by atoms with van der Waals surface area (Å²) in [5, 5.41) is 2.89. The van der Waals surface area contributed by atoms with Gasteiger partial charge in [0.1, 0.15) is 6.29 Å². The molecule has 0 atom stereocenters. The zero-order chi connectivity index (χ0) is 13.5. The van der Waals surface area contributed by atoms with Crippen LogP contribution < -0.4 is 5.32 Å². The molecule has 0 aliphatic heterocycles. The van der Waals surface area contributed by atoms with Crippen LogP contribution in [0.2, 0.25) is 0 Å². The van der Waals surface area contributed by atoms with Crippen molar-refractivity contribution in [2.75, 3.05) is 11.0 Å². The average molecular weight is 367 g/mol. The van der Waals surface area contributed by atoms with Crippen LogP contribution in [-0.4, -0.2) is 23.2 Å². The molecule has 0 radical (unpaired) electrons. The minimum absolute atomic E-state index is 0.144. The highest BCUT2D eigenvalue weighted by Crippen LogP contribution is 2.09. The fourth-order valence-corrected chi connectivity index (χ4v) is 2.13. The predicted octanol–water partition coefficient (Wildman–Crippen LogP) is 3.64. The third kappa shape index (κ3) is 13.9. The second-order valence-corrected chi connectivity index (χ2v) is 5.38. The monoisotopic (exact) mass is 367 g/mol. The second-order valence-electron chi connectivity index (χ2n) is 4.62. The van der Waals surface area contributed by atoms with E-state index in [1.807, 2.05) is 0 Å². The minimum atomic E-state index is 0.144. The average Bonchev–Trinajstić information content (AvgIpc) is 2.39. The van der Waals surface area contributed by atoms with Crippen LogP contribution in [-0.2, 0) is 9.59 Å². The zero-order valence-corrected chi connectivity index (χ0v) is 13.4. The van der Waals surface area contributed by atoms with Crippen molar-refractivity contribution in [2.45, 2.75) is 64.2 Å². The summed E-state index contributed by atoms with van der Waals surface area (Å²) in [4.78, 5) is 21.1. The summed E-state index contributed by atoms with van der Waals surface area (Å²) in [7, 11) is 0. The Morgan fingerprint density at radius 3 is 1.89 bits per heavy atom. The fourth-order valence-electron chi connectivity index (χ4n) is 1.87. The van der Waals surface area contributed by atoms with Gasteiger partial charge in [0, 0.05) is 13.0 Å². The van der Waals surface area contributed by atoms with Crippen molar-refractivity contribution in [2.24, 2.45) is 0 Å². The molecule has 0 heterocycles. The topological polar surface area (TPSA) is 46.2 Å². The van der Waals surface area contributed by atoms with Crippen molar-refractivity contribution in [3.05, 3.63) is 0 Å². The van der Waals surface area contributed by atoms with Crippen molar-refractivity contribution < 1.29 is 9.59 Å². The fraction of sp³-hybridized carbons (Fsp3) is 0.857. The van der Waals surface area contributed by atoms with Gasteiger partial charge in [-0.15, -0.1) is 0 Å². The molecule has 0 aliphatic rings. The van der Waals surface area contributed by atoms with Crippen LogP contribution in [0.3, 0.4) is 0 Å². The molecule has 18 heavy (non-hydrogen) atoms. The van der Waals surface area contributed by atoms with E-state index in [0.717, 1.165) is 32.1 Å². The van der Waals surface area contributed by atoms with Gasteiger partial charge in [0.05, 0.1) is 4.43 Å². The first-order valence-electron chi connectivity index (χ1n) is 7.07. The molecule has 3 nitrogen and oxygen atoms in total. The molecule has 0 aromatic heterocycles. The molecule has 0 saturated carbocycles. The van der Waals surface area contributed by atoms with Gasteiger partial charge in [-0.05, 0) is 12.8 Å². The molecule has 106 valence electrons. The Balaban J connectivity index is 2.98. The van der Waals surface area contributed by atoms with Crippen molar-refractivity contribution in [3.8, 4) is 0 Å². The molecule has 0 saturated heterocycles. The molecule has 0 bridgehead atoms. The minimum Gasteiger partial charge on any atom is -0.355 e. The number of hydrogen-bond donors (Lipinski definition) is 1. The van der Waals surface area contributed by atoms with E-state index in [-0.39, 0.29) is 5.91 Å². The van der Waals surface area contributed by atoms with Crippen molar-refractivity contribution >= 4 is 34.8 Å². The molecule has 0 spiro atoms. The van der Waals surface area contributed by atoms with Crippen LogP contribution in [0.25, 0.3) is 0 Å². The molecule has 0 aromatic rings. The van der Waals surface area contributed by atoms with Gasteiger partial charge in [-0.2, -0.15) is 0 Å². The first-order chi connectivity index (χ1) is 8.81. The first-order valence-corrected chi connectivity index (χ1v) is 8.60. The van der Waals surface area contributed by atoms with E-state index in [1.165, 1.54) is 44.9 Å². The van der Waals surface area contributed by atoms with E-state index in [1.54, 1.807) is 0 Å². The van der Waals surface area contributed by atoms with Crippen molar-refractivity contribution in [3.63, 3.8) is 0 Å². The quantitative estimate of drug-likeness (QED) is 0.234. The Hall–Kier alpha value is -0.130. The van der Waals surface area contributed by atoms with Crippen molar-refractivity contribution in [1.29, 1.82) is 0 Å². The molecule has 0 rings (SSSR count). The van der Waals surface area contributed by atoms with Gasteiger partial charge in [0.15, 0.2) is 0 Å². The molecule has 0 unspecified atom stereocenters. The third-order valence-electron chi connectivity index (χ3n) is 2.94. The number of aldehydes is 1. The smallest absolute Gasteiger partial charge is 0.229 e. The van der Waals surface area contributed by atoms with Crippen LogP contribution >= 0.6 is 22.6 Å². The van der Waals surface area contributed by atoms with E-state index in [9.17, 15) is 9.59 Å².